The number of benzene rings is 1. The first kappa shape index (κ1) is 11.4. The molecule has 0 bridgehead atoms. The monoisotopic (exact) mass is 176 g/mol. The van der Waals surface area contributed by atoms with Gasteiger partial charge in [-0.2, -0.15) is 0 Å². The quantitative estimate of drug-likeness (QED) is 0.501. The summed E-state index contributed by atoms with van der Waals surface area (Å²) in [6, 6.07) is 6.03. The van der Waals surface area contributed by atoms with E-state index in [1.54, 1.807) is 0 Å². The highest BCUT2D eigenvalue weighted by Crippen LogP contribution is 2.10. The Morgan fingerprint density at radius 1 is 1.38 bits per heavy atom. The summed E-state index contributed by atoms with van der Waals surface area (Å²) in [5.74, 6) is 0. The molecular weight excluding hydrogens is 160 g/mol. The molecule has 1 aromatic rings. The van der Waals surface area contributed by atoms with Crippen molar-refractivity contribution in [2.24, 2.45) is 0 Å². The molecule has 1 rings (SSSR count). The van der Waals surface area contributed by atoms with E-state index in [2.05, 4.69) is 19.6 Å². The normalized spacial score (nSPS) is 8.15. The van der Waals surface area contributed by atoms with Gasteiger partial charge in [0.25, 0.3) is 0 Å². The van der Waals surface area contributed by atoms with Gasteiger partial charge in [0.1, 0.15) is 0 Å². The summed E-state index contributed by atoms with van der Waals surface area (Å²) in [6.07, 6.45) is 2.56. The maximum atomic E-state index is 6.21. The van der Waals surface area contributed by atoms with Gasteiger partial charge in [-0.1, -0.05) is 30.4 Å². The Balaban J connectivity index is 0.000000310. The fraction of sp³-hybridized carbons (Fsp3) is 0.182. The summed E-state index contributed by atoms with van der Waals surface area (Å²) in [5.41, 5.74) is 8.89. The van der Waals surface area contributed by atoms with E-state index in [0.29, 0.717) is 0 Å². The summed E-state index contributed by atoms with van der Waals surface area (Å²) in [7, 11) is 0. The Morgan fingerprint density at radius 2 is 1.92 bits per heavy atom. The minimum atomic E-state index is 0.876. The second-order valence-corrected chi connectivity index (χ2v) is 2.76. The van der Waals surface area contributed by atoms with Crippen LogP contribution < -0.4 is 5.73 Å². The molecule has 3 N–H and O–H groups in total. The maximum absolute atomic E-state index is 6.21. The van der Waals surface area contributed by atoms with Crippen LogP contribution in [0.4, 0.5) is 5.69 Å². The van der Waals surface area contributed by atoms with Crippen molar-refractivity contribution in [2.45, 2.75) is 13.8 Å². The second-order valence-electron chi connectivity index (χ2n) is 2.76. The molecule has 0 aliphatic rings. The average Bonchev–Trinajstić information content (AvgIpc) is 2.12. The van der Waals surface area contributed by atoms with Crippen LogP contribution in [-0.2, 0) is 0 Å². The topological polar surface area (TPSA) is 49.9 Å². The zero-order chi connectivity index (χ0) is 10.3. The standard InChI is InChI=1S/C8H11N.C3H5N/c1-6-3-4-8(9)7(2)5-6;1-2-3-4/h3-5H,9H2,1-2H3;2-4H,1H2. The van der Waals surface area contributed by atoms with Gasteiger partial charge in [-0.3, -0.25) is 0 Å². The minimum Gasteiger partial charge on any atom is -0.399 e. The summed E-state index contributed by atoms with van der Waals surface area (Å²) in [5, 5.41) is 6.21. The number of rotatable bonds is 1. The van der Waals surface area contributed by atoms with E-state index in [4.69, 9.17) is 11.1 Å². The molecule has 0 saturated heterocycles. The molecule has 0 radical (unpaired) electrons. The van der Waals surface area contributed by atoms with Crippen molar-refractivity contribution in [3.63, 3.8) is 0 Å². The number of hydrogen-bond acceptors (Lipinski definition) is 2. The SMILES string of the molecule is C=CC=N.Cc1ccc(N)c(C)c1. The third-order valence-electron chi connectivity index (χ3n) is 1.54. The Morgan fingerprint density at radius 3 is 2.23 bits per heavy atom. The zero-order valence-corrected chi connectivity index (χ0v) is 8.17. The lowest BCUT2D eigenvalue weighted by molar-refractivity contribution is 1.39. The molecule has 0 fully saturated rings. The molecule has 2 heteroatoms. The van der Waals surface area contributed by atoms with Gasteiger partial charge in [-0.05, 0) is 25.5 Å². The maximum Gasteiger partial charge on any atom is 0.0343 e. The fourth-order valence-corrected chi connectivity index (χ4v) is 0.826. The van der Waals surface area contributed by atoms with Crippen LogP contribution >= 0.6 is 0 Å². The second kappa shape index (κ2) is 6.00. The van der Waals surface area contributed by atoms with Crippen molar-refractivity contribution in [1.82, 2.24) is 0 Å². The summed E-state index contributed by atoms with van der Waals surface area (Å²) >= 11 is 0. The van der Waals surface area contributed by atoms with Crippen molar-refractivity contribution in [1.29, 1.82) is 5.41 Å². The summed E-state index contributed by atoms with van der Waals surface area (Å²) < 4.78 is 0. The van der Waals surface area contributed by atoms with Gasteiger partial charge in [-0.25, -0.2) is 0 Å². The van der Waals surface area contributed by atoms with Crippen molar-refractivity contribution in [2.75, 3.05) is 5.73 Å². The number of nitrogens with one attached hydrogen (secondary N) is 1. The predicted molar refractivity (Wildman–Crippen MR) is 59.3 cm³/mol. The number of nitrogen functional groups attached to an aromatic ring is 1. The van der Waals surface area contributed by atoms with Gasteiger partial charge in [-0.15, -0.1) is 0 Å². The molecule has 1 aromatic carbocycles. The number of hydrogen-bond donors (Lipinski definition) is 2. The third-order valence-corrected chi connectivity index (χ3v) is 1.54. The molecule has 0 aliphatic carbocycles. The highest BCUT2D eigenvalue weighted by atomic mass is 14.5. The molecule has 0 spiro atoms. The van der Waals surface area contributed by atoms with E-state index in [0.717, 1.165) is 17.5 Å². The predicted octanol–water partition coefficient (Wildman–Crippen LogP) is 2.71. The largest absolute Gasteiger partial charge is 0.399 e. The van der Waals surface area contributed by atoms with Gasteiger partial charge in [0.05, 0.1) is 0 Å². The van der Waals surface area contributed by atoms with Crippen LogP contribution in [0.2, 0.25) is 0 Å². The number of allylic oxidation sites excluding steroid dienone is 1. The Labute approximate surface area is 79.6 Å². The molecule has 0 amide bonds. The molecular formula is C11H16N2. The Kier molecular flexibility index (Phi) is 5.28. The Hall–Kier alpha value is -1.57. The molecule has 0 aliphatic heterocycles. The third kappa shape index (κ3) is 4.80. The highest BCUT2D eigenvalue weighted by molar-refractivity contribution is 5.66. The first-order valence-electron chi connectivity index (χ1n) is 4.06. The molecule has 0 atom stereocenters. The van der Waals surface area contributed by atoms with Gasteiger partial charge >= 0.3 is 0 Å². The van der Waals surface area contributed by atoms with Crippen LogP contribution in [0.3, 0.4) is 0 Å². The fourth-order valence-electron chi connectivity index (χ4n) is 0.826. The van der Waals surface area contributed by atoms with Gasteiger partial charge in [0.15, 0.2) is 0 Å². The summed E-state index contributed by atoms with van der Waals surface area (Å²) in [6.45, 7) is 7.31. The van der Waals surface area contributed by atoms with Crippen LogP contribution in [0.25, 0.3) is 0 Å². The smallest absolute Gasteiger partial charge is 0.0343 e. The molecule has 13 heavy (non-hydrogen) atoms. The van der Waals surface area contributed by atoms with E-state index in [-0.39, 0.29) is 0 Å². The minimum absolute atomic E-state index is 0.876. The van der Waals surface area contributed by atoms with Crippen LogP contribution in [0.1, 0.15) is 11.1 Å². The lowest BCUT2D eigenvalue weighted by Gasteiger charge is -1.98. The van der Waals surface area contributed by atoms with Crippen molar-refractivity contribution >= 4 is 11.9 Å². The highest BCUT2D eigenvalue weighted by Gasteiger charge is 1.89. The zero-order valence-electron chi connectivity index (χ0n) is 8.17. The number of anilines is 1. The average molecular weight is 176 g/mol. The van der Waals surface area contributed by atoms with E-state index >= 15 is 0 Å². The van der Waals surface area contributed by atoms with E-state index in [9.17, 15) is 0 Å². The molecule has 0 unspecified atom stereocenters. The van der Waals surface area contributed by atoms with Crippen molar-refractivity contribution in [3.05, 3.63) is 42.0 Å². The lowest BCUT2D eigenvalue weighted by Crippen LogP contribution is -1.88. The molecule has 0 aromatic heterocycles. The lowest BCUT2D eigenvalue weighted by atomic mass is 10.1. The van der Waals surface area contributed by atoms with Gasteiger partial charge < -0.3 is 11.1 Å². The molecule has 2 nitrogen and oxygen atoms in total. The first-order chi connectivity index (χ1) is 6.11. The van der Waals surface area contributed by atoms with Gasteiger partial charge in [0.2, 0.25) is 0 Å². The van der Waals surface area contributed by atoms with Crippen LogP contribution in [0, 0.1) is 19.3 Å². The van der Waals surface area contributed by atoms with Crippen molar-refractivity contribution in [3.8, 4) is 0 Å². The molecule has 0 saturated carbocycles. The Bertz CT molecular complexity index is 284. The first-order valence-corrected chi connectivity index (χ1v) is 4.06. The van der Waals surface area contributed by atoms with Gasteiger partial charge in [0, 0.05) is 11.9 Å². The molecule has 0 heterocycles. The van der Waals surface area contributed by atoms with Crippen LogP contribution in [0.15, 0.2) is 30.9 Å². The summed E-state index contributed by atoms with van der Waals surface area (Å²) in [4.78, 5) is 0. The van der Waals surface area contributed by atoms with E-state index in [1.165, 1.54) is 11.6 Å². The number of nitrogens with two attached hydrogens (primary N) is 1. The number of aryl methyl sites for hydroxylation is 2. The van der Waals surface area contributed by atoms with E-state index in [1.807, 2.05) is 19.1 Å². The van der Waals surface area contributed by atoms with Crippen LogP contribution in [-0.4, -0.2) is 6.21 Å². The van der Waals surface area contributed by atoms with Crippen LogP contribution in [0.5, 0.6) is 0 Å². The van der Waals surface area contributed by atoms with E-state index < -0.39 is 0 Å². The molecule has 70 valence electrons. The van der Waals surface area contributed by atoms with Crippen molar-refractivity contribution < 1.29 is 0 Å².